The summed E-state index contributed by atoms with van der Waals surface area (Å²) in [6, 6.07) is 16.6. The molecule has 0 saturated carbocycles. The maximum atomic E-state index is 14.3. The van der Waals surface area contributed by atoms with Crippen molar-refractivity contribution in [2.75, 3.05) is 6.61 Å². The predicted octanol–water partition coefficient (Wildman–Crippen LogP) is 8.73. The van der Waals surface area contributed by atoms with Crippen LogP contribution < -0.4 is 4.74 Å². The van der Waals surface area contributed by atoms with Crippen molar-refractivity contribution in [1.82, 2.24) is 4.98 Å². The lowest BCUT2D eigenvalue weighted by atomic mass is 10.1. The molecule has 0 spiro atoms. The fourth-order valence-electron chi connectivity index (χ4n) is 4.02. The minimum atomic E-state index is -0.262. The van der Waals surface area contributed by atoms with Gasteiger partial charge in [0.1, 0.15) is 11.6 Å². The number of para-hydroxylation sites is 1. The topological polar surface area (TPSA) is 22.1 Å². The molecule has 0 aliphatic carbocycles. The van der Waals surface area contributed by atoms with Crippen LogP contribution in [0.4, 0.5) is 4.39 Å². The van der Waals surface area contributed by atoms with Crippen molar-refractivity contribution in [2.24, 2.45) is 0 Å². The molecule has 2 aromatic carbocycles. The summed E-state index contributed by atoms with van der Waals surface area (Å²) in [5, 5.41) is 0.977. The molecule has 1 aromatic heterocycles. The van der Waals surface area contributed by atoms with Gasteiger partial charge >= 0.3 is 0 Å². The smallest absolute Gasteiger partial charge is 0.132 e. The van der Waals surface area contributed by atoms with Crippen LogP contribution in [0.2, 0.25) is 0 Å². The highest BCUT2D eigenvalue weighted by atomic mass is 19.1. The number of unbranched alkanes of at least 4 members (excludes halogenated alkanes) is 10. The average molecular weight is 422 g/mol. The largest absolute Gasteiger partial charge is 0.493 e. The second-order valence-electron chi connectivity index (χ2n) is 8.39. The summed E-state index contributed by atoms with van der Waals surface area (Å²) in [4.78, 5) is 4.66. The number of hydrogen-bond donors (Lipinski definition) is 0. The SMILES string of the molecule is CCCCCCCCCCCCCOc1cc(-c2ccccc2F)nc2ccccc12. The van der Waals surface area contributed by atoms with Gasteiger partial charge in [0, 0.05) is 17.0 Å². The molecule has 0 atom stereocenters. The molecule has 0 radical (unpaired) electrons. The molecule has 1 heterocycles. The summed E-state index contributed by atoms with van der Waals surface area (Å²) in [7, 11) is 0. The molecule has 31 heavy (non-hydrogen) atoms. The summed E-state index contributed by atoms with van der Waals surface area (Å²) < 4.78 is 20.4. The van der Waals surface area contributed by atoms with Gasteiger partial charge in [-0.2, -0.15) is 0 Å². The van der Waals surface area contributed by atoms with E-state index >= 15 is 0 Å². The fourth-order valence-corrected chi connectivity index (χ4v) is 4.02. The number of halogens is 1. The average Bonchev–Trinajstić information content (AvgIpc) is 2.80. The van der Waals surface area contributed by atoms with Crippen LogP contribution >= 0.6 is 0 Å². The number of benzene rings is 2. The van der Waals surface area contributed by atoms with Gasteiger partial charge in [-0.15, -0.1) is 0 Å². The molecular weight excluding hydrogens is 385 g/mol. The van der Waals surface area contributed by atoms with Crippen LogP contribution in [0.5, 0.6) is 5.75 Å². The molecule has 0 bridgehead atoms. The highest BCUT2D eigenvalue weighted by Gasteiger charge is 2.11. The quantitative estimate of drug-likeness (QED) is 0.243. The van der Waals surface area contributed by atoms with Crippen LogP contribution in [0.1, 0.15) is 77.6 Å². The number of ether oxygens (including phenoxy) is 1. The molecule has 0 N–H and O–H groups in total. The Morgan fingerprint density at radius 2 is 1.35 bits per heavy atom. The first kappa shape index (κ1) is 23.2. The molecule has 3 heteroatoms. The van der Waals surface area contributed by atoms with Crippen molar-refractivity contribution < 1.29 is 9.13 Å². The van der Waals surface area contributed by atoms with Crippen molar-refractivity contribution >= 4 is 10.9 Å². The lowest BCUT2D eigenvalue weighted by Crippen LogP contribution is -2.00. The molecule has 0 amide bonds. The summed E-state index contributed by atoms with van der Waals surface area (Å²) >= 11 is 0. The van der Waals surface area contributed by atoms with Crippen LogP contribution in [0.25, 0.3) is 22.2 Å². The highest BCUT2D eigenvalue weighted by molar-refractivity contribution is 5.87. The Morgan fingerprint density at radius 3 is 2.06 bits per heavy atom. The first-order valence-corrected chi connectivity index (χ1v) is 12.1. The van der Waals surface area contributed by atoms with Crippen LogP contribution in [-0.2, 0) is 0 Å². The number of hydrogen-bond acceptors (Lipinski definition) is 2. The van der Waals surface area contributed by atoms with E-state index in [-0.39, 0.29) is 5.82 Å². The van der Waals surface area contributed by atoms with Crippen LogP contribution in [0.15, 0.2) is 54.6 Å². The van der Waals surface area contributed by atoms with Crippen molar-refractivity contribution in [3.8, 4) is 17.0 Å². The number of fused-ring (bicyclic) bond motifs is 1. The minimum Gasteiger partial charge on any atom is -0.493 e. The lowest BCUT2D eigenvalue weighted by molar-refractivity contribution is 0.307. The maximum absolute atomic E-state index is 14.3. The zero-order valence-electron chi connectivity index (χ0n) is 18.9. The number of pyridine rings is 1. The van der Waals surface area contributed by atoms with Crippen LogP contribution in [0, 0.1) is 5.82 Å². The fraction of sp³-hybridized carbons (Fsp3) is 0.464. The van der Waals surface area contributed by atoms with E-state index in [9.17, 15) is 4.39 Å². The second kappa shape index (κ2) is 13.1. The molecule has 0 aliphatic heterocycles. The molecular formula is C28H36FNO. The first-order chi connectivity index (χ1) is 15.3. The van der Waals surface area contributed by atoms with E-state index in [1.165, 1.54) is 70.3 Å². The Labute approximate surface area is 186 Å². The zero-order chi connectivity index (χ0) is 21.7. The van der Waals surface area contributed by atoms with E-state index in [0.29, 0.717) is 17.9 Å². The normalized spacial score (nSPS) is 11.2. The van der Waals surface area contributed by atoms with Crippen molar-refractivity contribution in [3.63, 3.8) is 0 Å². The second-order valence-corrected chi connectivity index (χ2v) is 8.39. The molecule has 0 aliphatic rings. The monoisotopic (exact) mass is 421 g/mol. The molecule has 3 aromatic rings. The summed E-state index contributed by atoms with van der Waals surface area (Å²) in [6.07, 6.45) is 14.5. The molecule has 3 rings (SSSR count). The number of aromatic nitrogens is 1. The van der Waals surface area contributed by atoms with Crippen LogP contribution in [-0.4, -0.2) is 11.6 Å². The van der Waals surface area contributed by atoms with Gasteiger partial charge < -0.3 is 4.74 Å². The van der Waals surface area contributed by atoms with Gasteiger partial charge in [-0.05, 0) is 30.7 Å². The van der Waals surface area contributed by atoms with Gasteiger partial charge in [0.25, 0.3) is 0 Å². The van der Waals surface area contributed by atoms with Gasteiger partial charge in [-0.1, -0.05) is 95.4 Å². The Hall–Kier alpha value is -2.42. The summed E-state index contributed by atoms with van der Waals surface area (Å²) in [5.74, 6) is 0.525. The number of rotatable bonds is 14. The standard InChI is InChI=1S/C28H36FNO/c1-2-3-4-5-6-7-8-9-10-11-16-21-31-28-22-27(23-17-12-14-19-25(23)29)30-26-20-15-13-18-24(26)28/h12-15,17-20,22H,2-11,16,21H2,1H3. The van der Waals surface area contributed by atoms with E-state index in [1.54, 1.807) is 12.1 Å². The van der Waals surface area contributed by atoms with Crippen LogP contribution in [0.3, 0.4) is 0 Å². The Bertz CT molecular complexity index is 924. The maximum Gasteiger partial charge on any atom is 0.132 e. The van der Waals surface area contributed by atoms with Crippen molar-refractivity contribution in [2.45, 2.75) is 77.6 Å². The third-order valence-electron chi connectivity index (χ3n) is 5.83. The van der Waals surface area contributed by atoms with E-state index < -0.39 is 0 Å². The molecule has 0 unspecified atom stereocenters. The number of nitrogens with zero attached hydrogens (tertiary/aromatic N) is 1. The first-order valence-electron chi connectivity index (χ1n) is 12.1. The summed E-state index contributed by atoms with van der Waals surface area (Å²) in [5.41, 5.74) is 1.95. The van der Waals surface area contributed by atoms with E-state index in [2.05, 4.69) is 11.9 Å². The van der Waals surface area contributed by atoms with Gasteiger partial charge in [-0.25, -0.2) is 9.37 Å². The summed E-state index contributed by atoms with van der Waals surface area (Å²) in [6.45, 7) is 2.95. The lowest BCUT2D eigenvalue weighted by Gasteiger charge is -2.12. The van der Waals surface area contributed by atoms with Gasteiger partial charge in [0.2, 0.25) is 0 Å². The Morgan fingerprint density at radius 1 is 0.742 bits per heavy atom. The van der Waals surface area contributed by atoms with Gasteiger partial charge in [-0.3, -0.25) is 0 Å². The molecule has 0 saturated heterocycles. The zero-order valence-corrected chi connectivity index (χ0v) is 18.9. The van der Waals surface area contributed by atoms with Gasteiger partial charge in [0.15, 0.2) is 0 Å². The molecule has 2 nitrogen and oxygen atoms in total. The highest BCUT2D eigenvalue weighted by Crippen LogP contribution is 2.31. The van der Waals surface area contributed by atoms with E-state index in [4.69, 9.17) is 4.74 Å². The van der Waals surface area contributed by atoms with E-state index in [0.717, 1.165) is 23.1 Å². The predicted molar refractivity (Wildman–Crippen MR) is 129 cm³/mol. The third kappa shape index (κ3) is 7.34. The van der Waals surface area contributed by atoms with E-state index in [1.807, 2.05) is 36.4 Å². The Balaban J connectivity index is 1.46. The minimum absolute atomic E-state index is 0.262. The van der Waals surface area contributed by atoms with Crippen molar-refractivity contribution in [3.05, 3.63) is 60.4 Å². The molecule has 166 valence electrons. The Kier molecular flexibility index (Phi) is 9.82. The third-order valence-corrected chi connectivity index (χ3v) is 5.83. The van der Waals surface area contributed by atoms with Crippen molar-refractivity contribution in [1.29, 1.82) is 0 Å². The molecule has 0 fully saturated rings. The van der Waals surface area contributed by atoms with Gasteiger partial charge in [0.05, 0.1) is 17.8 Å².